The summed E-state index contributed by atoms with van der Waals surface area (Å²) in [6.07, 6.45) is -2.91. The van der Waals surface area contributed by atoms with E-state index in [1.54, 1.807) is 13.2 Å². The Morgan fingerprint density at radius 3 is 2.43 bits per heavy atom. The molecule has 0 radical (unpaired) electrons. The third-order valence-electron chi connectivity index (χ3n) is 7.56. The highest BCUT2D eigenvalue weighted by Crippen LogP contribution is 2.33. The summed E-state index contributed by atoms with van der Waals surface area (Å²) < 4.78 is 102. The first-order valence-electron chi connectivity index (χ1n) is 13.7. The van der Waals surface area contributed by atoms with Gasteiger partial charge in [0, 0.05) is 30.7 Å². The molecule has 12 heteroatoms. The van der Waals surface area contributed by atoms with Gasteiger partial charge in [-0.15, -0.1) is 0 Å². The Kier molecular flexibility index (Phi) is 9.12. The molecule has 0 saturated carbocycles. The van der Waals surface area contributed by atoms with Crippen molar-refractivity contribution in [2.75, 3.05) is 26.9 Å². The van der Waals surface area contributed by atoms with Crippen LogP contribution in [0.3, 0.4) is 0 Å². The molecule has 2 aromatic heterocycles. The summed E-state index contributed by atoms with van der Waals surface area (Å²) in [6.45, 7) is 6.78. The minimum absolute atomic E-state index is 0.0216. The number of methoxy groups -OCH3 is 1. The summed E-state index contributed by atoms with van der Waals surface area (Å²) in [7, 11) is 1.61. The molecule has 0 N–H and O–H groups in total. The molecule has 4 aromatic rings. The van der Waals surface area contributed by atoms with Gasteiger partial charge in [0.1, 0.15) is 24.1 Å². The van der Waals surface area contributed by atoms with Crippen LogP contribution in [-0.4, -0.2) is 41.5 Å². The molecule has 3 heterocycles. The topological polar surface area (TPSA) is 58.4 Å². The predicted molar refractivity (Wildman–Crippen MR) is 150 cm³/mol. The SMILES string of the molecule is C=Cc1nc(Cc2cc(F)c(-c3ccc(F)c(OCc4ccc(C(F)(F)F)cc4)n3)cc2F)n([C@@H]2COC[C@@H]2COC)c1C. The monoisotopic (exact) mass is 617 g/mol. The van der Waals surface area contributed by atoms with Gasteiger partial charge in [-0.2, -0.15) is 13.2 Å². The highest BCUT2D eigenvalue weighted by molar-refractivity contribution is 5.61. The van der Waals surface area contributed by atoms with Crippen molar-refractivity contribution in [2.45, 2.75) is 32.2 Å². The minimum atomic E-state index is -4.50. The molecule has 0 amide bonds. The van der Waals surface area contributed by atoms with Gasteiger partial charge in [0.15, 0.2) is 5.82 Å². The second kappa shape index (κ2) is 12.8. The van der Waals surface area contributed by atoms with E-state index in [2.05, 4.69) is 16.5 Å². The Hall–Kier alpha value is -4.16. The van der Waals surface area contributed by atoms with Crippen LogP contribution in [0.2, 0.25) is 0 Å². The van der Waals surface area contributed by atoms with Gasteiger partial charge >= 0.3 is 6.18 Å². The number of nitrogens with zero attached hydrogens (tertiary/aromatic N) is 3. The predicted octanol–water partition coefficient (Wildman–Crippen LogP) is 7.34. The zero-order chi connectivity index (χ0) is 31.6. The summed E-state index contributed by atoms with van der Waals surface area (Å²) in [6, 6.07) is 8.24. The standard InChI is InChI=1S/C32H29F6N3O3/c1-4-27-18(2)41(29-17-43-16-21(29)15-42-3)30(39-27)12-20-11-26(35)23(13-25(20)34)28-10-9-24(33)31(40-28)44-14-19-5-7-22(8-6-19)32(36,37)38/h4-11,13,21,29H,1,12,14-17H2,2-3H3/t21-,29+/m0/s1. The van der Waals surface area contributed by atoms with Crippen LogP contribution < -0.4 is 4.74 Å². The van der Waals surface area contributed by atoms with E-state index in [4.69, 9.17) is 14.2 Å². The Labute approximate surface area is 249 Å². The molecule has 6 nitrogen and oxygen atoms in total. The second-order valence-electron chi connectivity index (χ2n) is 10.5. The zero-order valence-corrected chi connectivity index (χ0v) is 23.9. The van der Waals surface area contributed by atoms with Gasteiger partial charge in [-0.1, -0.05) is 18.7 Å². The Balaban J connectivity index is 1.39. The molecule has 5 rings (SSSR count). The molecule has 2 atom stereocenters. The number of ether oxygens (including phenoxy) is 3. The summed E-state index contributed by atoms with van der Waals surface area (Å²) in [4.78, 5) is 8.64. The number of pyridine rings is 1. The van der Waals surface area contributed by atoms with Gasteiger partial charge in [-0.3, -0.25) is 0 Å². The van der Waals surface area contributed by atoms with Crippen molar-refractivity contribution in [1.29, 1.82) is 0 Å². The van der Waals surface area contributed by atoms with Crippen molar-refractivity contribution in [2.24, 2.45) is 5.92 Å². The van der Waals surface area contributed by atoms with E-state index in [1.165, 1.54) is 18.2 Å². The Morgan fingerprint density at radius 2 is 1.75 bits per heavy atom. The normalized spacial score (nSPS) is 16.8. The molecule has 44 heavy (non-hydrogen) atoms. The number of aromatic nitrogens is 3. The van der Waals surface area contributed by atoms with Crippen LogP contribution in [0, 0.1) is 30.3 Å². The lowest BCUT2D eigenvalue weighted by atomic mass is 10.0. The number of alkyl halides is 3. The number of halogens is 6. The number of benzene rings is 2. The molecule has 0 spiro atoms. The van der Waals surface area contributed by atoms with E-state index in [-0.39, 0.29) is 41.8 Å². The number of rotatable bonds is 10. The molecule has 1 saturated heterocycles. The minimum Gasteiger partial charge on any atom is -0.471 e. The largest absolute Gasteiger partial charge is 0.471 e. The molecular weight excluding hydrogens is 588 g/mol. The lowest BCUT2D eigenvalue weighted by molar-refractivity contribution is -0.137. The van der Waals surface area contributed by atoms with E-state index in [9.17, 15) is 17.6 Å². The first kappa shape index (κ1) is 31.3. The van der Waals surface area contributed by atoms with Crippen molar-refractivity contribution < 1.29 is 40.6 Å². The average molecular weight is 618 g/mol. The van der Waals surface area contributed by atoms with Crippen molar-refractivity contribution in [3.63, 3.8) is 0 Å². The van der Waals surface area contributed by atoms with Gasteiger partial charge in [0.05, 0.1) is 42.8 Å². The van der Waals surface area contributed by atoms with Crippen LogP contribution in [0.5, 0.6) is 5.88 Å². The van der Waals surface area contributed by atoms with Crippen LogP contribution in [0.25, 0.3) is 17.3 Å². The Bertz CT molecular complexity index is 1650. The third-order valence-corrected chi connectivity index (χ3v) is 7.56. The van der Waals surface area contributed by atoms with Gasteiger partial charge < -0.3 is 18.8 Å². The summed E-state index contributed by atoms with van der Waals surface area (Å²) >= 11 is 0. The molecule has 2 aromatic carbocycles. The van der Waals surface area contributed by atoms with Crippen molar-refractivity contribution in [3.8, 4) is 17.1 Å². The van der Waals surface area contributed by atoms with Crippen LogP contribution in [0.15, 0.2) is 55.1 Å². The smallest absolute Gasteiger partial charge is 0.416 e. The summed E-state index contributed by atoms with van der Waals surface area (Å²) in [5.41, 5.74) is 0.683. The molecule has 0 unspecified atom stereocenters. The molecule has 1 aliphatic rings. The van der Waals surface area contributed by atoms with Gasteiger partial charge in [-0.05, 0) is 60.5 Å². The van der Waals surface area contributed by atoms with Crippen LogP contribution in [0.4, 0.5) is 26.3 Å². The van der Waals surface area contributed by atoms with E-state index < -0.39 is 35.1 Å². The third kappa shape index (κ3) is 6.51. The van der Waals surface area contributed by atoms with E-state index in [0.717, 1.165) is 36.0 Å². The first-order valence-corrected chi connectivity index (χ1v) is 13.7. The van der Waals surface area contributed by atoms with E-state index >= 15 is 8.78 Å². The fraction of sp³-hybridized carbons (Fsp3) is 0.312. The summed E-state index contributed by atoms with van der Waals surface area (Å²) in [5.74, 6) is -2.34. The number of hydrogen-bond donors (Lipinski definition) is 0. The van der Waals surface area contributed by atoms with E-state index in [1.807, 2.05) is 11.5 Å². The van der Waals surface area contributed by atoms with Gasteiger partial charge in [-0.25, -0.2) is 23.1 Å². The highest BCUT2D eigenvalue weighted by atomic mass is 19.4. The average Bonchev–Trinajstić information content (AvgIpc) is 3.57. The van der Waals surface area contributed by atoms with Crippen molar-refractivity contribution >= 4 is 6.08 Å². The van der Waals surface area contributed by atoms with Crippen LogP contribution >= 0.6 is 0 Å². The van der Waals surface area contributed by atoms with Gasteiger partial charge in [0.25, 0.3) is 5.88 Å². The molecule has 0 aliphatic carbocycles. The van der Waals surface area contributed by atoms with E-state index in [0.29, 0.717) is 36.9 Å². The quantitative estimate of drug-likeness (QED) is 0.174. The first-order chi connectivity index (χ1) is 21.0. The van der Waals surface area contributed by atoms with Gasteiger partial charge in [0.2, 0.25) is 0 Å². The van der Waals surface area contributed by atoms with Crippen molar-refractivity contribution in [1.82, 2.24) is 14.5 Å². The number of hydrogen-bond acceptors (Lipinski definition) is 5. The number of imidazole rings is 1. The maximum atomic E-state index is 15.5. The fourth-order valence-corrected chi connectivity index (χ4v) is 5.30. The van der Waals surface area contributed by atoms with Crippen LogP contribution in [-0.2, 0) is 28.7 Å². The molecule has 1 fully saturated rings. The maximum Gasteiger partial charge on any atom is 0.416 e. The molecule has 232 valence electrons. The zero-order valence-electron chi connectivity index (χ0n) is 23.9. The molecule has 0 bridgehead atoms. The van der Waals surface area contributed by atoms with Crippen LogP contribution in [0.1, 0.15) is 39.9 Å². The Morgan fingerprint density at radius 1 is 1.00 bits per heavy atom. The maximum absolute atomic E-state index is 15.5. The fourth-order valence-electron chi connectivity index (χ4n) is 5.30. The molecule has 1 aliphatic heterocycles. The highest BCUT2D eigenvalue weighted by Gasteiger charge is 2.33. The molecular formula is C32H29F6N3O3. The van der Waals surface area contributed by atoms with Crippen molar-refractivity contribution in [3.05, 3.63) is 106 Å². The lowest BCUT2D eigenvalue weighted by Crippen LogP contribution is -2.24. The lowest BCUT2D eigenvalue weighted by Gasteiger charge is -2.22. The summed E-state index contributed by atoms with van der Waals surface area (Å²) in [5, 5.41) is 0. The second-order valence-corrected chi connectivity index (χ2v) is 10.5.